The van der Waals surface area contributed by atoms with Crippen molar-refractivity contribution in [1.29, 1.82) is 0 Å². The quantitative estimate of drug-likeness (QED) is 0.540. The minimum Gasteiger partial charge on any atom is -0.334 e. The Morgan fingerprint density at radius 2 is 1.64 bits per heavy atom. The summed E-state index contributed by atoms with van der Waals surface area (Å²) in [5, 5.41) is 14.6. The molecule has 1 heterocycles. The molecule has 0 saturated heterocycles. The fraction of sp³-hybridized carbons (Fsp3) is 0.125. The number of nitro groups is 1. The highest BCUT2D eigenvalue weighted by atomic mass is 16.6. The molecular formula is C16H13N3O3. The molecule has 0 saturated carbocycles. The van der Waals surface area contributed by atoms with E-state index in [-0.39, 0.29) is 5.69 Å². The van der Waals surface area contributed by atoms with E-state index in [1.165, 1.54) is 12.1 Å². The van der Waals surface area contributed by atoms with Gasteiger partial charge in [0.2, 0.25) is 5.82 Å². The molecule has 0 aliphatic rings. The second-order valence-corrected chi connectivity index (χ2v) is 5.10. The molecule has 1 aromatic heterocycles. The molecule has 0 N–H and O–H groups in total. The lowest BCUT2D eigenvalue weighted by Crippen LogP contribution is -1.88. The van der Waals surface area contributed by atoms with Gasteiger partial charge in [-0.1, -0.05) is 22.3 Å². The van der Waals surface area contributed by atoms with Gasteiger partial charge in [0.15, 0.2) is 0 Å². The van der Waals surface area contributed by atoms with E-state index < -0.39 is 4.92 Å². The molecular weight excluding hydrogens is 282 g/mol. The third-order valence-electron chi connectivity index (χ3n) is 3.23. The number of non-ortho nitro benzene ring substituents is 1. The standard InChI is InChI=1S/C16H13N3O3/c1-10-7-11(2)9-13(8-10)16-17-15(18-22-16)12-3-5-14(6-4-12)19(20)21/h3-9H,1-2H3. The number of nitrogens with zero attached hydrogens (tertiary/aromatic N) is 3. The molecule has 2 aromatic carbocycles. The lowest BCUT2D eigenvalue weighted by molar-refractivity contribution is -0.384. The molecule has 6 heteroatoms. The summed E-state index contributed by atoms with van der Waals surface area (Å²) in [5.74, 6) is 0.837. The maximum Gasteiger partial charge on any atom is 0.269 e. The smallest absolute Gasteiger partial charge is 0.269 e. The second kappa shape index (κ2) is 5.40. The molecule has 0 unspecified atom stereocenters. The molecule has 0 aliphatic carbocycles. The van der Waals surface area contributed by atoms with E-state index in [9.17, 15) is 10.1 Å². The molecule has 0 amide bonds. The summed E-state index contributed by atoms with van der Waals surface area (Å²) < 4.78 is 5.30. The maximum absolute atomic E-state index is 10.7. The van der Waals surface area contributed by atoms with Crippen LogP contribution in [0.2, 0.25) is 0 Å². The Hall–Kier alpha value is -3.02. The van der Waals surface area contributed by atoms with Crippen molar-refractivity contribution < 1.29 is 9.45 Å². The van der Waals surface area contributed by atoms with Crippen molar-refractivity contribution in [2.75, 3.05) is 0 Å². The van der Waals surface area contributed by atoms with Crippen LogP contribution >= 0.6 is 0 Å². The summed E-state index contributed by atoms with van der Waals surface area (Å²) in [6.45, 7) is 4.01. The van der Waals surface area contributed by atoms with Crippen LogP contribution in [0.5, 0.6) is 0 Å². The number of hydrogen-bond acceptors (Lipinski definition) is 5. The van der Waals surface area contributed by atoms with Crippen LogP contribution in [0, 0.1) is 24.0 Å². The fourth-order valence-corrected chi connectivity index (χ4v) is 2.29. The Bertz CT molecular complexity index is 818. The second-order valence-electron chi connectivity index (χ2n) is 5.10. The van der Waals surface area contributed by atoms with Gasteiger partial charge in [-0.3, -0.25) is 10.1 Å². The monoisotopic (exact) mass is 295 g/mol. The van der Waals surface area contributed by atoms with Crippen molar-refractivity contribution in [3.63, 3.8) is 0 Å². The Morgan fingerprint density at radius 3 is 2.23 bits per heavy atom. The van der Waals surface area contributed by atoms with Gasteiger partial charge in [-0.2, -0.15) is 4.98 Å². The van der Waals surface area contributed by atoms with Crippen LogP contribution in [0.25, 0.3) is 22.8 Å². The van der Waals surface area contributed by atoms with Gasteiger partial charge in [0, 0.05) is 23.3 Å². The average molecular weight is 295 g/mol. The third-order valence-corrected chi connectivity index (χ3v) is 3.23. The molecule has 0 spiro atoms. The lowest BCUT2D eigenvalue weighted by Gasteiger charge is -1.99. The van der Waals surface area contributed by atoms with Gasteiger partial charge in [-0.05, 0) is 38.1 Å². The minimum absolute atomic E-state index is 0.0294. The van der Waals surface area contributed by atoms with Crippen LogP contribution in [0.1, 0.15) is 11.1 Å². The summed E-state index contributed by atoms with van der Waals surface area (Å²) >= 11 is 0. The van der Waals surface area contributed by atoms with Crippen molar-refractivity contribution in [2.24, 2.45) is 0 Å². The zero-order valence-electron chi connectivity index (χ0n) is 12.1. The molecule has 6 nitrogen and oxygen atoms in total. The highest BCUT2D eigenvalue weighted by Crippen LogP contribution is 2.25. The lowest BCUT2D eigenvalue weighted by atomic mass is 10.1. The van der Waals surface area contributed by atoms with Gasteiger partial charge in [0.25, 0.3) is 11.6 Å². The minimum atomic E-state index is -0.443. The Labute approximate surface area is 126 Å². The summed E-state index contributed by atoms with van der Waals surface area (Å²) in [5.41, 5.74) is 3.79. The van der Waals surface area contributed by atoms with E-state index in [1.54, 1.807) is 12.1 Å². The third kappa shape index (κ3) is 2.71. The number of rotatable bonds is 3. The fourth-order valence-electron chi connectivity index (χ4n) is 2.29. The molecule has 3 rings (SSSR count). The van der Waals surface area contributed by atoms with Crippen molar-refractivity contribution in [3.8, 4) is 22.8 Å². The molecule has 22 heavy (non-hydrogen) atoms. The van der Waals surface area contributed by atoms with Crippen LogP contribution in [0.15, 0.2) is 47.0 Å². The predicted molar refractivity (Wildman–Crippen MR) is 81.3 cm³/mol. The van der Waals surface area contributed by atoms with Crippen molar-refractivity contribution >= 4 is 5.69 Å². The zero-order valence-corrected chi connectivity index (χ0v) is 12.1. The highest BCUT2D eigenvalue weighted by molar-refractivity contribution is 5.61. The molecule has 0 bridgehead atoms. The zero-order chi connectivity index (χ0) is 15.7. The summed E-state index contributed by atoms with van der Waals surface area (Å²) in [6.07, 6.45) is 0. The van der Waals surface area contributed by atoms with E-state index in [1.807, 2.05) is 26.0 Å². The van der Waals surface area contributed by atoms with Gasteiger partial charge >= 0.3 is 0 Å². The molecule has 3 aromatic rings. The summed E-state index contributed by atoms with van der Waals surface area (Å²) in [6, 6.07) is 12.1. The van der Waals surface area contributed by atoms with E-state index >= 15 is 0 Å². The van der Waals surface area contributed by atoms with E-state index in [2.05, 4.69) is 16.2 Å². The predicted octanol–water partition coefficient (Wildman–Crippen LogP) is 3.93. The van der Waals surface area contributed by atoms with Crippen LogP contribution in [-0.2, 0) is 0 Å². The maximum atomic E-state index is 10.7. The summed E-state index contributed by atoms with van der Waals surface area (Å²) in [7, 11) is 0. The average Bonchev–Trinajstić information content (AvgIpc) is 2.96. The highest BCUT2D eigenvalue weighted by Gasteiger charge is 2.12. The topological polar surface area (TPSA) is 82.1 Å². The van der Waals surface area contributed by atoms with E-state index in [0.29, 0.717) is 17.3 Å². The van der Waals surface area contributed by atoms with Gasteiger partial charge in [0.05, 0.1) is 4.92 Å². The largest absolute Gasteiger partial charge is 0.334 e. The molecule has 0 fully saturated rings. The molecule has 110 valence electrons. The number of aromatic nitrogens is 2. The first-order chi connectivity index (χ1) is 10.5. The van der Waals surface area contributed by atoms with E-state index in [0.717, 1.165) is 16.7 Å². The van der Waals surface area contributed by atoms with Crippen LogP contribution in [-0.4, -0.2) is 15.1 Å². The first-order valence-corrected chi connectivity index (χ1v) is 6.70. The normalized spacial score (nSPS) is 10.6. The Morgan fingerprint density at radius 1 is 1.00 bits per heavy atom. The van der Waals surface area contributed by atoms with Crippen LogP contribution in [0.3, 0.4) is 0 Å². The Balaban J connectivity index is 1.94. The summed E-state index contributed by atoms with van der Waals surface area (Å²) in [4.78, 5) is 14.6. The number of aryl methyl sites for hydroxylation is 2. The van der Waals surface area contributed by atoms with E-state index in [4.69, 9.17) is 4.52 Å². The van der Waals surface area contributed by atoms with Gasteiger partial charge in [0.1, 0.15) is 0 Å². The molecule has 0 radical (unpaired) electrons. The molecule has 0 aliphatic heterocycles. The number of nitro benzene ring substituents is 1. The Kier molecular flexibility index (Phi) is 3.42. The van der Waals surface area contributed by atoms with Crippen molar-refractivity contribution in [3.05, 3.63) is 63.7 Å². The van der Waals surface area contributed by atoms with Crippen molar-refractivity contribution in [1.82, 2.24) is 10.1 Å². The first kappa shape index (κ1) is 13.9. The first-order valence-electron chi connectivity index (χ1n) is 6.70. The van der Waals surface area contributed by atoms with Gasteiger partial charge in [-0.15, -0.1) is 0 Å². The SMILES string of the molecule is Cc1cc(C)cc(-c2nc(-c3ccc([N+](=O)[O-])cc3)no2)c1. The number of hydrogen-bond donors (Lipinski definition) is 0. The van der Waals surface area contributed by atoms with Gasteiger partial charge < -0.3 is 4.52 Å². The van der Waals surface area contributed by atoms with Crippen molar-refractivity contribution in [2.45, 2.75) is 13.8 Å². The molecule has 0 atom stereocenters. The van der Waals surface area contributed by atoms with Crippen LogP contribution < -0.4 is 0 Å². The van der Waals surface area contributed by atoms with Crippen LogP contribution in [0.4, 0.5) is 5.69 Å². The van der Waals surface area contributed by atoms with Gasteiger partial charge in [-0.25, -0.2) is 0 Å². The number of benzene rings is 2.